The van der Waals surface area contributed by atoms with Crippen LogP contribution in [0.5, 0.6) is 0 Å². The van der Waals surface area contributed by atoms with Crippen molar-refractivity contribution in [3.05, 3.63) is 42.5 Å². The fourth-order valence-electron chi connectivity index (χ4n) is 2.34. The number of hydrogen-bond acceptors (Lipinski definition) is 5. The summed E-state index contributed by atoms with van der Waals surface area (Å²) in [5.41, 5.74) is -4.46. The Labute approximate surface area is 149 Å². The summed E-state index contributed by atoms with van der Waals surface area (Å²) < 4.78 is 79.3. The average Bonchev–Trinajstić information content (AvgIpc) is 3.03. The molecule has 5 nitrogen and oxygen atoms in total. The number of oxazole rings is 1. The molecule has 0 aliphatic carbocycles. The number of benzene rings is 2. The van der Waals surface area contributed by atoms with Crippen molar-refractivity contribution in [2.75, 3.05) is 5.75 Å². The Bertz CT molecular complexity index is 1060. The Morgan fingerprint density at radius 3 is 2.54 bits per heavy atom. The van der Waals surface area contributed by atoms with Crippen molar-refractivity contribution in [1.29, 1.82) is 0 Å². The molecule has 0 aliphatic heterocycles. The van der Waals surface area contributed by atoms with Crippen LogP contribution in [-0.4, -0.2) is 29.2 Å². The highest BCUT2D eigenvalue weighted by molar-refractivity contribution is 7.92. The second-order valence-corrected chi connectivity index (χ2v) is 8.98. The van der Waals surface area contributed by atoms with Crippen LogP contribution in [0, 0.1) is 0 Å². The predicted octanol–water partition coefficient (Wildman–Crippen LogP) is 3.92. The zero-order chi connectivity index (χ0) is 19.1. The molecule has 0 saturated heterocycles. The van der Waals surface area contributed by atoms with Crippen LogP contribution < -0.4 is 0 Å². The lowest BCUT2D eigenvalue weighted by molar-refractivity contribution is -0.0435. The lowest BCUT2D eigenvalue weighted by Gasteiger charge is -2.11. The van der Waals surface area contributed by atoms with E-state index < -0.39 is 31.4 Å². The van der Waals surface area contributed by atoms with Gasteiger partial charge in [-0.1, -0.05) is 19.1 Å². The fraction of sp³-hybridized carbons (Fsp3) is 0.188. The van der Waals surface area contributed by atoms with Gasteiger partial charge < -0.3 is 8.97 Å². The summed E-state index contributed by atoms with van der Waals surface area (Å²) in [5, 5.41) is 0. The number of halogens is 3. The van der Waals surface area contributed by atoms with E-state index in [2.05, 4.69) is 4.98 Å². The first-order chi connectivity index (χ1) is 12.1. The smallest absolute Gasteiger partial charge is 0.578 e. The first kappa shape index (κ1) is 18.7. The van der Waals surface area contributed by atoms with E-state index in [4.69, 9.17) is 4.42 Å². The number of rotatable bonds is 4. The second-order valence-electron chi connectivity index (χ2n) is 5.26. The van der Waals surface area contributed by atoms with Crippen LogP contribution in [0.25, 0.3) is 22.6 Å². The minimum Gasteiger partial charge on any atom is -0.604 e. The Morgan fingerprint density at radius 1 is 1.19 bits per heavy atom. The number of sulfone groups is 1. The number of nitrogens with zero attached hydrogens (tertiary/aromatic N) is 1. The first-order valence-corrected chi connectivity index (χ1v) is 10.1. The molecule has 1 atom stereocenters. The molecule has 1 heterocycles. The van der Waals surface area contributed by atoms with E-state index in [9.17, 15) is 26.1 Å². The minimum atomic E-state index is -4.89. The molecule has 0 bridgehead atoms. The van der Waals surface area contributed by atoms with Crippen LogP contribution >= 0.6 is 0 Å². The molecule has 2 aromatic carbocycles. The normalized spacial score (nSPS) is 13.9. The Kier molecular flexibility index (Phi) is 4.76. The average molecular weight is 403 g/mol. The van der Waals surface area contributed by atoms with Gasteiger partial charge in [-0.25, -0.2) is 13.4 Å². The van der Waals surface area contributed by atoms with Gasteiger partial charge in [-0.15, -0.1) is 13.2 Å². The van der Waals surface area contributed by atoms with Crippen LogP contribution in [0.1, 0.15) is 6.92 Å². The van der Waals surface area contributed by atoms with Gasteiger partial charge in [0.05, 0.1) is 27.4 Å². The lowest BCUT2D eigenvalue weighted by Crippen LogP contribution is -2.23. The quantitative estimate of drug-likeness (QED) is 0.617. The maximum absolute atomic E-state index is 12.6. The number of hydrogen-bond donors (Lipinski definition) is 0. The molecule has 0 saturated carbocycles. The third-order valence-corrected chi connectivity index (χ3v) is 6.50. The van der Waals surface area contributed by atoms with E-state index in [1.165, 1.54) is 25.1 Å². The summed E-state index contributed by atoms with van der Waals surface area (Å²) >= 11 is -3.19. The molecule has 26 heavy (non-hydrogen) atoms. The summed E-state index contributed by atoms with van der Waals surface area (Å²) in [4.78, 5) is 3.65. The molecule has 0 amide bonds. The first-order valence-electron chi connectivity index (χ1n) is 7.35. The number of aromatic nitrogens is 1. The van der Waals surface area contributed by atoms with E-state index >= 15 is 0 Å². The molecular weight excluding hydrogens is 391 g/mol. The standard InChI is InChI=1S/C16H12F3NO4S2/c1-2-26(22,23)14-6-4-3-5-11(14)15-20-12-9-10(7-8-13(12)24-15)25(21)16(17,18)19/h3-9H,2H2,1H3. The second kappa shape index (κ2) is 6.60. The Morgan fingerprint density at radius 2 is 1.88 bits per heavy atom. The van der Waals surface area contributed by atoms with Crippen molar-refractivity contribution in [3.8, 4) is 11.5 Å². The Hall–Kier alpha value is -2.04. The molecule has 1 aromatic heterocycles. The van der Waals surface area contributed by atoms with Crippen molar-refractivity contribution >= 4 is 32.1 Å². The SMILES string of the molecule is CCS(=O)(=O)c1ccccc1-c1nc2cc([S+]([O-])C(F)(F)F)ccc2o1. The number of fused-ring (bicyclic) bond motifs is 1. The summed E-state index contributed by atoms with van der Waals surface area (Å²) in [6.45, 7) is 1.50. The predicted molar refractivity (Wildman–Crippen MR) is 89.6 cm³/mol. The summed E-state index contributed by atoms with van der Waals surface area (Å²) in [5.74, 6) is -0.165. The van der Waals surface area contributed by atoms with E-state index in [1.54, 1.807) is 12.1 Å². The minimum absolute atomic E-state index is 0.0214. The van der Waals surface area contributed by atoms with E-state index in [0.717, 1.165) is 12.1 Å². The molecule has 10 heteroatoms. The zero-order valence-electron chi connectivity index (χ0n) is 13.3. The van der Waals surface area contributed by atoms with Gasteiger partial charge in [0.1, 0.15) is 5.52 Å². The van der Waals surface area contributed by atoms with Crippen molar-refractivity contribution in [1.82, 2.24) is 4.98 Å². The maximum Gasteiger partial charge on any atom is 0.578 e. The van der Waals surface area contributed by atoms with Gasteiger partial charge in [0, 0.05) is 6.07 Å². The fourth-order valence-corrected chi connectivity index (χ4v) is 4.11. The van der Waals surface area contributed by atoms with Gasteiger partial charge in [0.15, 0.2) is 20.3 Å². The highest BCUT2D eigenvalue weighted by Crippen LogP contribution is 2.34. The van der Waals surface area contributed by atoms with Crippen molar-refractivity contribution < 1.29 is 30.6 Å². The third-order valence-electron chi connectivity index (χ3n) is 3.62. The van der Waals surface area contributed by atoms with E-state index in [1.807, 2.05) is 0 Å². The van der Waals surface area contributed by atoms with Crippen LogP contribution in [0.4, 0.5) is 13.2 Å². The van der Waals surface area contributed by atoms with Crippen LogP contribution in [-0.2, 0) is 21.0 Å². The summed E-state index contributed by atoms with van der Waals surface area (Å²) in [6, 6.07) is 9.34. The summed E-state index contributed by atoms with van der Waals surface area (Å²) in [6.07, 6.45) is 0. The molecule has 0 radical (unpaired) electrons. The van der Waals surface area contributed by atoms with Gasteiger partial charge >= 0.3 is 5.51 Å². The highest BCUT2D eigenvalue weighted by Gasteiger charge is 2.46. The molecular formula is C16H12F3NO4S2. The van der Waals surface area contributed by atoms with Crippen molar-refractivity contribution in [2.45, 2.75) is 22.2 Å². The van der Waals surface area contributed by atoms with Crippen LogP contribution in [0.15, 0.2) is 56.7 Å². The maximum atomic E-state index is 12.6. The van der Waals surface area contributed by atoms with Crippen molar-refractivity contribution in [2.24, 2.45) is 0 Å². The molecule has 3 rings (SSSR count). The molecule has 0 fully saturated rings. The highest BCUT2D eigenvalue weighted by atomic mass is 32.2. The monoisotopic (exact) mass is 403 g/mol. The van der Waals surface area contributed by atoms with E-state index in [-0.39, 0.29) is 33.2 Å². The number of alkyl halides is 3. The van der Waals surface area contributed by atoms with Gasteiger partial charge in [0.2, 0.25) is 5.89 Å². The molecule has 1 unspecified atom stereocenters. The molecule has 0 aliphatic rings. The molecule has 3 aromatic rings. The van der Waals surface area contributed by atoms with Crippen LogP contribution in [0.3, 0.4) is 0 Å². The topological polar surface area (TPSA) is 83.2 Å². The lowest BCUT2D eigenvalue weighted by atomic mass is 10.2. The van der Waals surface area contributed by atoms with Gasteiger partial charge in [-0.2, -0.15) is 0 Å². The van der Waals surface area contributed by atoms with Gasteiger partial charge in [-0.3, -0.25) is 0 Å². The molecule has 138 valence electrons. The van der Waals surface area contributed by atoms with Crippen LogP contribution in [0.2, 0.25) is 0 Å². The van der Waals surface area contributed by atoms with Crippen molar-refractivity contribution in [3.63, 3.8) is 0 Å². The molecule has 0 N–H and O–H groups in total. The summed E-state index contributed by atoms with van der Waals surface area (Å²) in [7, 11) is -3.55. The Balaban J connectivity index is 2.12. The largest absolute Gasteiger partial charge is 0.604 e. The van der Waals surface area contributed by atoms with E-state index in [0.29, 0.717) is 0 Å². The third kappa shape index (κ3) is 3.44. The zero-order valence-corrected chi connectivity index (χ0v) is 14.9. The van der Waals surface area contributed by atoms with Gasteiger partial charge in [-0.05, 0) is 24.3 Å². The molecule has 0 spiro atoms. The van der Waals surface area contributed by atoms with Gasteiger partial charge in [0.25, 0.3) is 0 Å².